The van der Waals surface area contributed by atoms with Crippen LogP contribution in [0.1, 0.15) is 15.9 Å². The zero-order chi connectivity index (χ0) is 17.1. The molecule has 2 aromatic carbocycles. The topological polar surface area (TPSA) is 85.2 Å². The van der Waals surface area contributed by atoms with Crippen LogP contribution >= 0.6 is 0 Å². The number of methoxy groups -OCH3 is 1. The number of ether oxygens (including phenoxy) is 1. The first kappa shape index (κ1) is 15.5. The van der Waals surface area contributed by atoms with Gasteiger partial charge in [-0.05, 0) is 23.8 Å². The van der Waals surface area contributed by atoms with Crippen LogP contribution in [0.3, 0.4) is 0 Å². The molecule has 1 heterocycles. The summed E-state index contributed by atoms with van der Waals surface area (Å²) in [4.78, 5) is 26.3. The van der Waals surface area contributed by atoms with Gasteiger partial charge >= 0.3 is 0 Å². The van der Waals surface area contributed by atoms with Crippen molar-refractivity contribution in [3.05, 3.63) is 82.2 Å². The number of aromatic amines is 1. The largest absolute Gasteiger partial charge is 0.497 e. The number of H-pyrrole nitrogens is 1. The van der Waals surface area contributed by atoms with E-state index in [9.17, 15) is 14.9 Å². The van der Waals surface area contributed by atoms with Crippen molar-refractivity contribution in [1.82, 2.24) is 4.98 Å². The van der Waals surface area contributed by atoms with Gasteiger partial charge in [-0.3, -0.25) is 14.9 Å². The number of rotatable bonds is 5. The first-order valence-corrected chi connectivity index (χ1v) is 7.21. The number of carbonyl (C=O) groups is 1. The molecule has 0 aliphatic carbocycles. The summed E-state index contributed by atoms with van der Waals surface area (Å²) >= 11 is 0. The fourth-order valence-electron chi connectivity index (χ4n) is 2.55. The minimum Gasteiger partial charge on any atom is -0.497 e. The van der Waals surface area contributed by atoms with Crippen LogP contribution in [0.15, 0.2) is 60.9 Å². The number of nitro groups is 1. The number of ketones is 1. The van der Waals surface area contributed by atoms with Gasteiger partial charge in [-0.25, -0.2) is 0 Å². The molecule has 1 N–H and O–H groups in total. The van der Waals surface area contributed by atoms with Gasteiger partial charge in [0.25, 0.3) is 5.69 Å². The van der Waals surface area contributed by atoms with Crippen molar-refractivity contribution in [3.8, 4) is 16.9 Å². The molecule has 0 spiro atoms. The van der Waals surface area contributed by atoms with Crippen LogP contribution in [0.5, 0.6) is 5.75 Å². The number of hydrogen-bond acceptors (Lipinski definition) is 4. The molecule has 0 bridgehead atoms. The van der Waals surface area contributed by atoms with Crippen molar-refractivity contribution in [2.24, 2.45) is 0 Å². The van der Waals surface area contributed by atoms with E-state index in [0.29, 0.717) is 16.9 Å². The van der Waals surface area contributed by atoms with E-state index in [1.54, 1.807) is 37.7 Å². The van der Waals surface area contributed by atoms with Crippen molar-refractivity contribution < 1.29 is 14.5 Å². The standard InChI is InChI=1S/C18H14N2O4/c1-24-13-6-4-5-12(9-13)15-10-19-11-16(15)18(21)14-7-2-3-8-17(14)20(22)23/h2-11,19H,1H3. The zero-order valence-electron chi connectivity index (χ0n) is 12.9. The minimum atomic E-state index is -0.550. The average molecular weight is 322 g/mol. The molecular weight excluding hydrogens is 308 g/mol. The molecule has 0 saturated carbocycles. The predicted octanol–water partition coefficient (Wildman–Crippen LogP) is 3.83. The van der Waals surface area contributed by atoms with Crippen LogP contribution in [0.25, 0.3) is 11.1 Å². The fraction of sp³-hybridized carbons (Fsp3) is 0.0556. The summed E-state index contributed by atoms with van der Waals surface area (Å²) in [6, 6.07) is 13.2. The highest BCUT2D eigenvalue weighted by Gasteiger charge is 2.23. The molecule has 24 heavy (non-hydrogen) atoms. The van der Waals surface area contributed by atoms with Gasteiger partial charge in [-0.15, -0.1) is 0 Å². The van der Waals surface area contributed by atoms with Crippen molar-refractivity contribution in [2.75, 3.05) is 7.11 Å². The molecule has 120 valence electrons. The summed E-state index contributed by atoms with van der Waals surface area (Å²) in [6.07, 6.45) is 3.24. The summed E-state index contributed by atoms with van der Waals surface area (Å²) in [5.41, 5.74) is 1.68. The second-order valence-corrected chi connectivity index (χ2v) is 5.12. The van der Waals surface area contributed by atoms with Crippen LogP contribution in [-0.4, -0.2) is 22.8 Å². The Bertz CT molecular complexity index is 915. The van der Waals surface area contributed by atoms with Gasteiger partial charge in [0, 0.05) is 29.6 Å². The van der Waals surface area contributed by atoms with E-state index in [2.05, 4.69) is 4.98 Å². The van der Waals surface area contributed by atoms with Gasteiger partial charge in [-0.2, -0.15) is 0 Å². The van der Waals surface area contributed by atoms with E-state index >= 15 is 0 Å². The highest BCUT2D eigenvalue weighted by molar-refractivity contribution is 6.14. The number of hydrogen-bond donors (Lipinski definition) is 1. The lowest BCUT2D eigenvalue weighted by Crippen LogP contribution is -2.05. The number of benzene rings is 2. The average Bonchev–Trinajstić information content (AvgIpc) is 3.10. The number of nitro benzene ring substituents is 1. The summed E-state index contributed by atoms with van der Waals surface area (Å²) < 4.78 is 5.20. The minimum absolute atomic E-state index is 0.0613. The SMILES string of the molecule is COc1cccc(-c2c[nH]cc2C(=O)c2ccccc2[N+](=O)[O-])c1. The maximum Gasteiger partial charge on any atom is 0.280 e. The van der Waals surface area contributed by atoms with Gasteiger partial charge < -0.3 is 9.72 Å². The van der Waals surface area contributed by atoms with Crippen molar-refractivity contribution in [3.63, 3.8) is 0 Å². The molecule has 1 aromatic heterocycles. The maximum atomic E-state index is 12.8. The summed E-state index contributed by atoms with van der Waals surface area (Å²) in [6.45, 7) is 0. The molecule has 0 aliphatic heterocycles. The number of para-hydroxylation sites is 1. The lowest BCUT2D eigenvalue weighted by atomic mass is 9.97. The van der Waals surface area contributed by atoms with E-state index in [1.165, 1.54) is 18.2 Å². The molecule has 6 heteroatoms. The molecule has 0 amide bonds. The third-order valence-corrected chi connectivity index (χ3v) is 3.72. The molecule has 3 rings (SSSR count). The smallest absolute Gasteiger partial charge is 0.280 e. The Morgan fingerprint density at radius 3 is 2.62 bits per heavy atom. The Morgan fingerprint density at radius 2 is 1.88 bits per heavy atom. The van der Waals surface area contributed by atoms with E-state index in [-0.39, 0.29) is 11.3 Å². The van der Waals surface area contributed by atoms with Crippen molar-refractivity contribution in [1.29, 1.82) is 0 Å². The first-order chi connectivity index (χ1) is 11.6. The van der Waals surface area contributed by atoms with E-state index in [1.807, 2.05) is 12.1 Å². The van der Waals surface area contributed by atoms with Crippen molar-refractivity contribution in [2.45, 2.75) is 0 Å². The van der Waals surface area contributed by atoms with E-state index in [4.69, 9.17) is 4.74 Å². The van der Waals surface area contributed by atoms with Gasteiger partial charge in [0.1, 0.15) is 11.3 Å². The van der Waals surface area contributed by atoms with Crippen LogP contribution in [-0.2, 0) is 0 Å². The molecule has 0 unspecified atom stereocenters. The highest BCUT2D eigenvalue weighted by atomic mass is 16.6. The molecule has 3 aromatic rings. The monoisotopic (exact) mass is 322 g/mol. The molecule has 0 radical (unpaired) electrons. The van der Waals surface area contributed by atoms with Crippen molar-refractivity contribution >= 4 is 11.5 Å². The molecule has 6 nitrogen and oxygen atoms in total. The Kier molecular flexibility index (Phi) is 4.11. The Labute approximate surface area is 137 Å². The number of nitrogens with zero attached hydrogens (tertiary/aromatic N) is 1. The fourth-order valence-corrected chi connectivity index (χ4v) is 2.55. The van der Waals surface area contributed by atoms with Gasteiger partial charge in [-0.1, -0.05) is 24.3 Å². The van der Waals surface area contributed by atoms with Gasteiger partial charge in [0.05, 0.1) is 12.0 Å². The van der Waals surface area contributed by atoms with Gasteiger partial charge in [0.15, 0.2) is 0 Å². The summed E-state index contributed by atoms with van der Waals surface area (Å²) in [7, 11) is 1.57. The second kappa shape index (κ2) is 6.37. The number of carbonyl (C=O) groups excluding carboxylic acids is 1. The lowest BCUT2D eigenvalue weighted by molar-refractivity contribution is -0.385. The normalized spacial score (nSPS) is 10.4. The van der Waals surface area contributed by atoms with E-state index in [0.717, 1.165) is 5.56 Å². The maximum absolute atomic E-state index is 12.8. The highest BCUT2D eigenvalue weighted by Crippen LogP contribution is 2.30. The molecule has 0 fully saturated rings. The number of nitrogens with one attached hydrogen (secondary N) is 1. The Morgan fingerprint density at radius 1 is 1.08 bits per heavy atom. The van der Waals surface area contributed by atoms with E-state index < -0.39 is 10.7 Å². The third kappa shape index (κ3) is 2.77. The quantitative estimate of drug-likeness (QED) is 0.439. The van der Waals surface area contributed by atoms with Gasteiger partial charge in [0.2, 0.25) is 5.78 Å². The predicted molar refractivity (Wildman–Crippen MR) is 89.3 cm³/mol. The molecule has 0 atom stereocenters. The Balaban J connectivity index is 2.08. The van der Waals surface area contributed by atoms with Crippen LogP contribution < -0.4 is 4.74 Å². The zero-order valence-corrected chi connectivity index (χ0v) is 12.9. The van der Waals surface area contributed by atoms with Crippen LogP contribution in [0.4, 0.5) is 5.69 Å². The third-order valence-electron chi connectivity index (χ3n) is 3.72. The summed E-state index contributed by atoms with van der Waals surface area (Å²) in [5.74, 6) is 0.263. The lowest BCUT2D eigenvalue weighted by Gasteiger charge is -2.06. The summed E-state index contributed by atoms with van der Waals surface area (Å²) in [5, 5.41) is 11.2. The molecular formula is C18H14N2O4. The molecule has 0 saturated heterocycles. The van der Waals surface area contributed by atoms with Crippen LogP contribution in [0, 0.1) is 10.1 Å². The van der Waals surface area contributed by atoms with Crippen LogP contribution in [0.2, 0.25) is 0 Å². The molecule has 0 aliphatic rings. The Hall–Kier alpha value is -3.41. The number of aromatic nitrogens is 1. The first-order valence-electron chi connectivity index (χ1n) is 7.21. The second-order valence-electron chi connectivity index (χ2n) is 5.12.